The van der Waals surface area contributed by atoms with Crippen LogP contribution in [0, 0.1) is 13.8 Å². The van der Waals surface area contributed by atoms with E-state index < -0.39 is 0 Å². The Balaban J connectivity index is 1.58. The van der Waals surface area contributed by atoms with E-state index in [-0.39, 0.29) is 5.91 Å². The summed E-state index contributed by atoms with van der Waals surface area (Å²) in [5, 5.41) is 1.40. The monoisotopic (exact) mass is 443 g/mol. The minimum atomic E-state index is -0.00905. The topological polar surface area (TPSA) is 45.7 Å². The minimum Gasteiger partial charge on any atom is -0.379 e. The van der Waals surface area contributed by atoms with Gasteiger partial charge in [0.05, 0.1) is 23.4 Å². The predicted molar refractivity (Wildman–Crippen MR) is 124 cm³/mol. The van der Waals surface area contributed by atoms with E-state index in [1.165, 1.54) is 16.9 Å². The predicted octanol–water partition coefficient (Wildman–Crippen LogP) is 4.94. The summed E-state index contributed by atoms with van der Waals surface area (Å²) in [5.41, 5.74) is 3.86. The molecule has 0 aliphatic carbocycles. The summed E-state index contributed by atoms with van der Waals surface area (Å²) in [6, 6.07) is 11.5. The molecule has 0 saturated carbocycles. The average Bonchev–Trinajstić information content (AvgIpc) is 3.16. The highest BCUT2D eigenvalue weighted by Crippen LogP contribution is 2.32. The maximum absolute atomic E-state index is 13.5. The van der Waals surface area contributed by atoms with E-state index in [0.717, 1.165) is 60.2 Å². The van der Waals surface area contributed by atoms with Gasteiger partial charge in [-0.2, -0.15) is 0 Å². The normalized spacial score (nSPS) is 14.9. The van der Waals surface area contributed by atoms with Gasteiger partial charge < -0.3 is 4.74 Å². The fourth-order valence-corrected chi connectivity index (χ4v) is 4.86. The van der Waals surface area contributed by atoms with E-state index in [0.29, 0.717) is 17.1 Å². The van der Waals surface area contributed by atoms with Crippen molar-refractivity contribution in [3.63, 3.8) is 0 Å². The van der Waals surface area contributed by atoms with Crippen LogP contribution in [0.2, 0.25) is 5.02 Å². The van der Waals surface area contributed by atoms with Crippen molar-refractivity contribution < 1.29 is 9.53 Å². The number of aryl methyl sites for hydroxylation is 2. The molecule has 5 nitrogen and oxygen atoms in total. The summed E-state index contributed by atoms with van der Waals surface area (Å²) >= 11 is 7.66. The van der Waals surface area contributed by atoms with Crippen LogP contribution < -0.4 is 4.90 Å². The van der Waals surface area contributed by atoms with E-state index >= 15 is 0 Å². The molecule has 0 atom stereocenters. The molecule has 0 radical (unpaired) electrons. The Morgan fingerprint density at radius 1 is 1.17 bits per heavy atom. The number of fused-ring (bicyclic) bond motifs is 1. The largest absolute Gasteiger partial charge is 0.379 e. The van der Waals surface area contributed by atoms with Crippen LogP contribution in [-0.4, -0.2) is 55.2 Å². The summed E-state index contributed by atoms with van der Waals surface area (Å²) < 4.78 is 6.42. The fraction of sp³-hybridized carbons (Fsp3) is 0.391. The van der Waals surface area contributed by atoms with Gasteiger partial charge in [0.1, 0.15) is 0 Å². The molecule has 1 amide bonds. The van der Waals surface area contributed by atoms with Gasteiger partial charge in [-0.3, -0.25) is 14.6 Å². The number of amides is 1. The Morgan fingerprint density at radius 2 is 1.97 bits per heavy atom. The number of thiazole rings is 1. The zero-order valence-corrected chi connectivity index (χ0v) is 18.9. The van der Waals surface area contributed by atoms with Gasteiger partial charge >= 0.3 is 0 Å². The van der Waals surface area contributed by atoms with Crippen molar-refractivity contribution in [1.29, 1.82) is 0 Å². The summed E-state index contributed by atoms with van der Waals surface area (Å²) in [7, 11) is 0. The van der Waals surface area contributed by atoms with Gasteiger partial charge in [-0.15, -0.1) is 0 Å². The number of halogens is 1. The Morgan fingerprint density at radius 3 is 2.73 bits per heavy atom. The third-order valence-electron chi connectivity index (χ3n) is 5.53. The van der Waals surface area contributed by atoms with Gasteiger partial charge in [-0.1, -0.05) is 29.0 Å². The van der Waals surface area contributed by atoms with Crippen LogP contribution in [0.3, 0.4) is 0 Å². The molecular formula is C23H26ClN3O2S. The van der Waals surface area contributed by atoms with Crippen LogP contribution in [0.4, 0.5) is 5.13 Å². The third kappa shape index (κ3) is 4.83. The molecule has 1 fully saturated rings. The van der Waals surface area contributed by atoms with Gasteiger partial charge in [-0.25, -0.2) is 4.98 Å². The second-order valence-electron chi connectivity index (χ2n) is 7.67. The lowest BCUT2D eigenvalue weighted by Gasteiger charge is -2.27. The number of carbonyl (C=O) groups is 1. The van der Waals surface area contributed by atoms with E-state index in [4.69, 9.17) is 21.3 Å². The Labute approximate surface area is 186 Å². The first-order valence-electron chi connectivity index (χ1n) is 10.3. The number of hydrogen-bond donors (Lipinski definition) is 0. The average molecular weight is 444 g/mol. The van der Waals surface area contributed by atoms with Gasteiger partial charge in [0, 0.05) is 36.8 Å². The molecule has 4 rings (SSSR count). The Hall–Kier alpha value is -1.99. The van der Waals surface area contributed by atoms with Crippen molar-refractivity contribution in [3.8, 4) is 0 Å². The van der Waals surface area contributed by atoms with Crippen LogP contribution in [0.5, 0.6) is 0 Å². The van der Waals surface area contributed by atoms with E-state index in [2.05, 4.69) is 11.8 Å². The van der Waals surface area contributed by atoms with Crippen molar-refractivity contribution in [2.75, 3.05) is 44.3 Å². The zero-order valence-electron chi connectivity index (χ0n) is 17.4. The zero-order chi connectivity index (χ0) is 21.1. The van der Waals surface area contributed by atoms with Crippen LogP contribution in [-0.2, 0) is 4.74 Å². The van der Waals surface area contributed by atoms with Gasteiger partial charge in [0.15, 0.2) is 5.13 Å². The summed E-state index contributed by atoms with van der Waals surface area (Å²) in [5.74, 6) is -0.00905. The lowest BCUT2D eigenvalue weighted by molar-refractivity contribution is 0.0376. The molecule has 158 valence electrons. The lowest BCUT2D eigenvalue weighted by atomic mass is 10.1. The van der Waals surface area contributed by atoms with Gasteiger partial charge in [0.2, 0.25) is 0 Å². The summed E-state index contributed by atoms with van der Waals surface area (Å²) in [4.78, 5) is 22.4. The van der Waals surface area contributed by atoms with Crippen molar-refractivity contribution in [1.82, 2.24) is 9.88 Å². The molecule has 1 aliphatic rings. The standard InChI is InChI=1S/C23H26ClN3O2S/c1-16-4-5-18(14-17(16)2)22(28)27(9-3-8-26-10-12-29-13-11-26)23-25-20-7-6-19(24)15-21(20)30-23/h4-7,14-15H,3,8-13H2,1-2H3. The van der Waals surface area contributed by atoms with Crippen LogP contribution in [0.1, 0.15) is 27.9 Å². The number of rotatable bonds is 6. The van der Waals surface area contributed by atoms with Crippen LogP contribution >= 0.6 is 22.9 Å². The molecule has 2 heterocycles. The van der Waals surface area contributed by atoms with E-state index in [1.807, 2.05) is 48.2 Å². The molecule has 0 spiro atoms. The molecule has 3 aromatic rings. The summed E-state index contributed by atoms with van der Waals surface area (Å²) in [6.07, 6.45) is 0.882. The van der Waals surface area contributed by atoms with E-state index in [9.17, 15) is 4.79 Å². The highest BCUT2D eigenvalue weighted by Gasteiger charge is 2.22. The molecule has 2 aromatic carbocycles. The first-order valence-corrected chi connectivity index (χ1v) is 11.5. The van der Waals surface area contributed by atoms with Crippen molar-refractivity contribution in [2.24, 2.45) is 0 Å². The second kappa shape index (κ2) is 9.43. The molecule has 1 aromatic heterocycles. The molecule has 30 heavy (non-hydrogen) atoms. The smallest absolute Gasteiger partial charge is 0.260 e. The third-order valence-corrected chi connectivity index (χ3v) is 6.81. The quantitative estimate of drug-likeness (QED) is 0.541. The first-order chi connectivity index (χ1) is 14.5. The lowest BCUT2D eigenvalue weighted by Crippen LogP contribution is -2.39. The number of ether oxygens (including phenoxy) is 1. The van der Waals surface area contributed by atoms with Crippen molar-refractivity contribution in [3.05, 3.63) is 58.1 Å². The molecular weight excluding hydrogens is 418 g/mol. The Bertz CT molecular complexity index is 1050. The maximum Gasteiger partial charge on any atom is 0.260 e. The molecule has 0 N–H and O–H groups in total. The number of hydrogen-bond acceptors (Lipinski definition) is 5. The first kappa shape index (κ1) is 21.2. The number of carbonyl (C=O) groups excluding carboxylic acids is 1. The van der Waals surface area contributed by atoms with Gasteiger partial charge in [-0.05, 0) is 61.7 Å². The van der Waals surface area contributed by atoms with Gasteiger partial charge in [0.25, 0.3) is 5.91 Å². The van der Waals surface area contributed by atoms with Crippen molar-refractivity contribution >= 4 is 44.2 Å². The number of nitrogens with zero attached hydrogens (tertiary/aromatic N) is 3. The number of aromatic nitrogens is 1. The highest BCUT2D eigenvalue weighted by molar-refractivity contribution is 7.22. The number of anilines is 1. The fourth-order valence-electron chi connectivity index (χ4n) is 3.59. The maximum atomic E-state index is 13.5. The molecule has 7 heteroatoms. The van der Waals surface area contributed by atoms with Crippen LogP contribution in [0.25, 0.3) is 10.2 Å². The highest BCUT2D eigenvalue weighted by atomic mass is 35.5. The SMILES string of the molecule is Cc1ccc(C(=O)N(CCCN2CCOCC2)c2nc3ccc(Cl)cc3s2)cc1C. The minimum absolute atomic E-state index is 0.00905. The summed E-state index contributed by atoms with van der Waals surface area (Å²) in [6.45, 7) is 9.12. The molecule has 0 bridgehead atoms. The number of benzene rings is 2. The molecule has 1 aliphatic heterocycles. The van der Waals surface area contributed by atoms with Crippen molar-refractivity contribution in [2.45, 2.75) is 20.3 Å². The molecule has 0 unspecified atom stereocenters. The Kier molecular flexibility index (Phi) is 6.68. The molecule has 1 saturated heterocycles. The van der Waals surface area contributed by atoms with Crippen LogP contribution in [0.15, 0.2) is 36.4 Å². The second-order valence-corrected chi connectivity index (χ2v) is 9.12. The van der Waals surface area contributed by atoms with E-state index in [1.54, 1.807) is 0 Å². The number of morpholine rings is 1.